The molecule has 1 aromatic heterocycles. The molecular weight excluding hydrogens is 244 g/mol. The van der Waals surface area contributed by atoms with E-state index in [4.69, 9.17) is 4.74 Å². The van der Waals surface area contributed by atoms with Gasteiger partial charge < -0.3 is 4.74 Å². The fourth-order valence-corrected chi connectivity index (χ4v) is 2.57. The highest BCUT2D eigenvalue weighted by Gasteiger charge is 2.10. The number of fused-ring (bicyclic) bond motifs is 2. The lowest BCUT2D eigenvalue weighted by molar-refractivity contribution is 0.409. The maximum atomic E-state index is 5.48. The molecule has 0 N–H and O–H groups in total. The zero-order chi connectivity index (χ0) is 12.5. The highest BCUT2D eigenvalue weighted by molar-refractivity contribution is 7.98. The van der Waals surface area contributed by atoms with Gasteiger partial charge in [0.2, 0.25) is 0 Å². The molecule has 0 aliphatic rings. The number of thioether (sulfide) groups is 1. The molecule has 1 heterocycles. The molecule has 0 aliphatic carbocycles. The molecule has 0 radical (unpaired) electrons. The van der Waals surface area contributed by atoms with Gasteiger partial charge in [0.15, 0.2) is 5.75 Å². The van der Waals surface area contributed by atoms with Gasteiger partial charge >= 0.3 is 0 Å². The SMILES string of the molecule is COc1c(SC)ccc2nc3ccccc3nc12. The molecule has 0 bridgehead atoms. The van der Waals surface area contributed by atoms with Crippen molar-refractivity contribution in [3.8, 4) is 5.75 Å². The van der Waals surface area contributed by atoms with E-state index in [1.807, 2.05) is 42.7 Å². The quantitative estimate of drug-likeness (QED) is 0.519. The first-order chi connectivity index (χ1) is 8.83. The molecule has 0 aliphatic heterocycles. The number of para-hydroxylation sites is 2. The van der Waals surface area contributed by atoms with Gasteiger partial charge in [0.05, 0.1) is 28.6 Å². The summed E-state index contributed by atoms with van der Waals surface area (Å²) >= 11 is 1.65. The number of hydrogen-bond donors (Lipinski definition) is 0. The van der Waals surface area contributed by atoms with Crippen molar-refractivity contribution in [2.75, 3.05) is 13.4 Å². The van der Waals surface area contributed by atoms with Gasteiger partial charge in [0.25, 0.3) is 0 Å². The molecule has 0 saturated carbocycles. The summed E-state index contributed by atoms with van der Waals surface area (Å²) in [6.45, 7) is 0. The standard InChI is InChI=1S/C14H12N2OS/c1-17-14-12(18-2)8-7-11-13(14)16-10-6-4-3-5-9(10)15-11/h3-8H,1-2H3. The first kappa shape index (κ1) is 11.3. The number of aromatic nitrogens is 2. The van der Waals surface area contributed by atoms with Crippen molar-refractivity contribution in [1.82, 2.24) is 9.97 Å². The molecule has 3 rings (SSSR count). The summed E-state index contributed by atoms with van der Waals surface area (Å²) < 4.78 is 5.48. The molecular formula is C14H12N2OS. The summed E-state index contributed by atoms with van der Waals surface area (Å²) in [6.07, 6.45) is 2.03. The Kier molecular flexibility index (Phi) is 2.80. The van der Waals surface area contributed by atoms with E-state index in [0.717, 1.165) is 32.7 Å². The van der Waals surface area contributed by atoms with Crippen molar-refractivity contribution in [2.45, 2.75) is 4.90 Å². The van der Waals surface area contributed by atoms with Crippen LogP contribution in [0.2, 0.25) is 0 Å². The molecule has 0 fully saturated rings. The molecule has 4 heteroatoms. The summed E-state index contributed by atoms with van der Waals surface area (Å²) in [4.78, 5) is 10.3. The Labute approximate surface area is 109 Å². The van der Waals surface area contributed by atoms with E-state index in [-0.39, 0.29) is 0 Å². The second-order valence-corrected chi connectivity index (χ2v) is 4.73. The van der Waals surface area contributed by atoms with Crippen molar-refractivity contribution in [2.24, 2.45) is 0 Å². The molecule has 90 valence electrons. The molecule has 2 aromatic carbocycles. The van der Waals surface area contributed by atoms with Gasteiger partial charge in [-0.15, -0.1) is 11.8 Å². The zero-order valence-corrected chi connectivity index (χ0v) is 11.0. The van der Waals surface area contributed by atoms with Gasteiger partial charge in [-0.1, -0.05) is 12.1 Å². The number of rotatable bonds is 2. The van der Waals surface area contributed by atoms with Gasteiger partial charge in [0.1, 0.15) is 5.52 Å². The van der Waals surface area contributed by atoms with Crippen molar-refractivity contribution in [1.29, 1.82) is 0 Å². The zero-order valence-electron chi connectivity index (χ0n) is 10.2. The van der Waals surface area contributed by atoms with E-state index < -0.39 is 0 Å². The van der Waals surface area contributed by atoms with E-state index in [2.05, 4.69) is 9.97 Å². The molecule has 0 spiro atoms. The van der Waals surface area contributed by atoms with E-state index in [1.54, 1.807) is 18.9 Å². The number of hydrogen-bond acceptors (Lipinski definition) is 4. The Balaban J connectivity index is 2.42. The topological polar surface area (TPSA) is 35.0 Å². The van der Waals surface area contributed by atoms with Crippen molar-refractivity contribution < 1.29 is 4.74 Å². The molecule has 0 saturated heterocycles. The largest absolute Gasteiger partial charge is 0.493 e. The third-order valence-electron chi connectivity index (χ3n) is 2.85. The molecule has 0 amide bonds. The summed E-state index contributed by atoms with van der Waals surface area (Å²) in [5, 5.41) is 0. The highest BCUT2D eigenvalue weighted by atomic mass is 32.2. The minimum atomic E-state index is 0.804. The highest BCUT2D eigenvalue weighted by Crippen LogP contribution is 2.34. The van der Waals surface area contributed by atoms with E-state index in [9.17, 15) is 0 Å². The number of methoxy groups -OCH3 is 1. The monoisotopic (exact) mass is 256 g/mol. The third kappa shape index (κ3) is 1.69. The van der Waals surface area contributed by atoms with Gasteiger partial charge in [-0.25, -0.2) is 9.97 Å². The maximum Gasteiger partial charge on any atom is 0.160 e. The molecule has 0 unspecified atom stereocenters. The van der Waals surface area contributed by atoms with Gasteiger partial charge in [-0.3, -0.25) is 0 Å². The fraction of sp³-hybridized carbons (Fsp3) is 0.143. The van der Waals surface area contributed by atoms with Crippen LogP contribution in [0.4, 0.5) is 0 Å². The van der Waals surface area contributed by atoms with Crippen LogP contribution in [0.3, 0.4) is 0 Å². The smallest absolute Gasteiger partial charge is 0.160 e. The third-order valence-corrected chi connectivity index (χ3v) is 3.61. The van der Waals surface area contributed by atoms with E-state index >= 15 is 0 Å². The van der Waals surface area contributed by atoms with Gasteiger partial charge in [0, 0.05) is 0 Å². The van der Waals surface area contributed by atoms with Crippen LogP contribution < -0.4 is 4.74 Å². The van der Waals surface area contributed by atoms with E-state index in [0.29, 0.717) is 0 Å². The summed E-state index contributed by atoms with van der Waals surface area (Å²) in [6, 6.07) is 11.9. The van der Waals surface area contributed by atoms with Crippen molar-refractivity contribution in [3.05, 3.63) is 36.4 Å². The Morgan fingerprint density at radius 3 is 2.33 bits per heavy atom. The summed E-state index contributed by atoms with van der Waals surface area (Å²) in [5.74, 6) is 0.804. The fourth-order valence-electron chi connectivity index (χ4n) is 2.00. The second-order valence-electron chi connectivity index (χ2n) is 3.88. The van der Waals surface area contributed by atoms with Crippen LogP contribution >= 0.6 is 11.8 Å². The lowest BCUT2D eigenvalue weighted by atomic mass is 10.2. The Hall–Kier alpha value is -1.81. The van der Waals surface area contributed by atoms with Crippen LogP contribution in [0.5, 0.6) is 5.75 Å². The minimum absolute atomic E-state index is 0.804. The lowest BCUT2D eigenvalue weighted by Gasteiger charge is -2.09. The van der Waals surface area contributed by atoms with Crippen LogP contribution in [0.15, 0.2) is 41.3 Å². The predicted molar refractivity (Wildman–Crippen MR) is 75.4 cm³/mol. The first-order valence-corrected chi connectivity index (χ1v) is 6.83. The Morgan fingerprint density at radius 2 is 1.67 bits per heavy atom. The molecule has 3 aromatic rings. The lowest BCUT2D eigenvalue weighted by Crippen LogP contribution is -1.93. The molecule has 3 nitrogen and oxygen atoms in total. The number of nitrogens with zero attached hydrogens (tertiary/aromatic N) is 2. The summed E-state index contributed by atoms with van der Waals surface area (Å²) in [5.41, 5.74) is 3.48. The molecule has 18 heavy (non-hydrogen) atoms. The van der Waals surface area contributed by atoms with Crippen LogP contribution in [0, 0.1) is 0 Å². The van der Waals surface area contributed by atoms with Crippen LogP contribution in [-0.4, -0.2) is 23.3 Å². The van der Waals surface area contributed by atoms with Gasteiger partial charge in [-0.05, 0) is 30.5 Å². The average Bonchev–Trinajstić information content (AvgIpc) is 2.43. The van der Waals surface area contributed by atoms with Crippen LogP contribution in [0.1, 0.15) is 0 Å². The van der Waals surface area contributed by atoms with Crippen molar-refractivity contribution in [3.63, 3.8) is 0 Å². The predicted octanol–water partition coefficient (Wildman–Crippen LogP) is 3.51. The normalized spacial score (nSPS) is 11.0. The number of benzene rings is 2. The minimum Gasteiger partial charge on any atom is -0.493 e. The number of ether oxygens (including phenoxy) is 1. The second kappa shape index (κ2) is 4.46. The maximum absolute atomic E-state index is 5.48. The van der Waals surface area contributed by atoms with Crippen LogP contribution in [0.25, 0.3) is 22.1 Å². The first-order valence-electron chi connectivity index (χ1n) is 5.61. The van der Waals surface area contributed by atoms with Gasteiger partial charge in [-0.2, -0.15) is 0 Å². The molecule has 0 atom stereocenters. The van der Waals surface area contributed by atoms with Crippen molar-refractivity contribution >= 4 is 33.8 Å². The van der Waals surface area contributed by atoms with Crippen LogP contribution in [-0.2, 0) is 0 Å². The average molecular weight is 256 g/mol. The Morgan fingerprint density at radius 1 is 0.944 bits per heavy atom. The van der Waals surface area contributed by atoms with E-state index in [1.165, 1.54) is 0 Å². The Bertz CT molecular complexity index is 727. The summed E-state index contributed by atoms with van der Waals surface area (Å²) in [7, 11) is 1.67.